The summed E-state index contributed by atoms with van der Waals surface area (Å²) in [5.41, 5.74) is 2.53. The molecule has 0 amide bonds. The van der Waals surface area contributed by atoms with E-state index in [9.17, 15) is 4.79 Å². The molecule has 0 aliphatic rings. The molecule has 0 spiro atoms. The molecule has 1 aromatic heterocycles. The van der Waals surface area contributed by atoms with Gasteiger partial charge in [0.15, 0.2) is 0 Å². The molecule has 0 saturated carbocycles. The van der Waals surface area contributed by atoms with E-state index >= 15 is 0 Å². The molecule has 4 rings (SSSR count). The summed E-state index contributed by atoms with van der Waals surface area (Å²) < 4.78 is 0. The Bertz CT molecular complexity index is 1170. The van der Waals surface area contributed by atoms with Crippen molar-refractivity contribution in [3.63, 3.8) is 0 Å². The third kappa shape index (κ3) is 3.81. The van der Waals surface area contributed by atoms with Crippen LogP contribution in [0.3, 0.4) is 0 Å². The van der Waals surface area contributed by atoms with Gasteiger partial charge in [-0.25, -0.2) is 0 Å². The molecule has 0 aliphatic carbocycles. The number of halogens is 1. The van der Waals surface area contributed by atoms with Crippen LogP contribution in [-0.4, -0.2) is 16.1 Å². The van der Waals surface area contributed by atoms with E-state index in [0.29, 0.717) is 16.8 Å². The zero-order valence-electron chi connectivity index (χ0n) is 14.4. The van der Waals surface area contributed by atoms with Gasteiger partial charge in [-0.2, -0.15) is 10.2 Å². The second-order valence-corrected chi connectivity index (χ2v) is 6.58. The average molecular weight is 374 g/mol. The fourth-order valence-corrected chi connectivity index (χ4v) is 3.04. The molecule has 0 saturated heterocycles. The minimum Gasteiger partial charge on any atom is -0.265 e. The number of hydrogen-bond acceptors (Lipinski definition) is 3. The Morgan fingerprint density at radius 3 is 2.30 bits per heavy atom. The van der Waals surface area contributed by atoms with Crippen molar-refractivity contribution in [3.05, 3.63) is 111 Å². The normalized spacial score (nSPS) is 11.3. The Hall–Kier alpha value is -3.24. The Morgan fingerprint density at radius 1 is 0.889 bits per heavy atom. The highest BCUT2D eigenvalue weighted by molar-refractivity contribution is 6.30. The molecule has 0 radical (unpaired) electrons. The lowest BCUT2D eigenvalue weighted by molar-refractivity contribution is 0.679. The second-order valence-electron chi connectivity index (χ2n) is 6.15. The van der Waals surface area contributed by atoms with Crippen LogP contribution in [0.1, 0.15) is 16.8 Å². The van der Waals surface area contributed by atoms with Gasteiger partial charge in [0.1, 0.15) is 0 Å². The van der Waals surface area contributed by atoms with Crippen molar-refractivity contribution in [3.8, 4) is 0 Å². The van der Waals surface area contributed by atoms with Crippen LogP contribution in [-0.2, 0) is 6.42 Å². The van der Waals surface area contributed by atoms with Gasteiger partial charge in [0.2, 0.25) is 0 Å². The van der Waals surface area contributed by atoms with Crippen molar-refractivity contribution in [2.45, 2.75) is 6.42 Å². The van der Waals surface area contributed by atoms with E-state index in [4.69, 9.17) is 11.6 Å². The van der Waals surface area contributed by atoms with Crippen molar-refractivity contribution in [1.82, 2.24) is 9.89 Å². The van der Waals surface area contributed by atoms with Gasteiger partial charge in [-0.15, -0.1) is 4.79 Å². The summed E-state index contributed by atoms with van der Waals surface area (Å²) in [4.78, 5) is 13.9. The van der Waals surface area contributed by atoms with Gasteiger partial charge in [0, 0.05) is 16.8 Å². The molecular weight excluding hydrogens is 358 g/mol. The molecule has 0 atom stereocenters. The summed E-state index contributed by atoms with van der Waals surface area (Å²) in [7, 11) is 0. The standard InChI is InChI=1S/C22H16ClN3O/c23-18-12-10-17(11-13-18)15-24-26-22(27)20-9-5-4-8-19(20)21(25-26)14-16-6-2-1-3-7-16/h1-13,15H,14H2. The molecule has 1 heterocycles. The van der Waals surface area contributed by atoms with Crippen LogP contribution in [0.5, 0.6) is 0 Å². The predicted molar refractivity (Wildman–Crippen MR) is 110 cm³/mol. The second kappa shape index (κ2) is 7.56. The number of aromatic nitrogens is 2. The Balaban J connectivity index is 1.79. The van der Waals surface area contributed by atoms with Crippen LogP contribution in [0.15, 0.2) is 88.8 Å². The molecule has 132 valence electrons. The van der Waals surface area contributed by atoms with Crippen LogP contribution in [0.4, 0.5) is 0 Å². The first-order chi connectivity index (χ1) is 13.2. The zero-order valence-corrected chi connectivity index (χ0v) is 15.2. The lowest BCUT2D eigenvalue weighted by atomic mass is 10.0. The maximum absolute atomic E-state index is 12.8. The molecule has 0 aliphatic heterocycles. The summed E-state index contributed by atoms with van der Waals surface area (Å²) in [6, 6.07) is 24.8. The maximum atomic E-state index is 12.8. The Labute approximate surface area is 161 Å². The molecule has 4 aromatic rings. The summed E-state index contributed by atoms with van der Waals surface area (Å²) >= 11 is 5.91. The third-order valence-electron chi connectivity index (χ3n) is 4.27. The third-order valence-corrected chi connectivity index (χ3v) is 4.52. The number of hydrogen-bond donors (Lipinski definition) is 0. The van der Waals surface area contributed by atoms with Crippen LogP contribution >= 0.6 is 11.6 Å². The fraction of sp³-hybridized carbons (Fsp3) is 0.0455. The zero-order chi connectivity index (χ0) is 18.6. The summed E-state index contributed by atoms with van der Waals surface area (Å²) in [6.07, 6.45) is 2.23. The highest BCUT2D eigenvalue weighted by Crippen LogP contribution is 2.17. The van der Waals surface area contributed by atoms with Gasteiger partial charge in [-0.05, 0) is 29.3 Å². The van der Waals surface area contributed by atoms with Crippen LogP contribution in [0.25, 0.3) is 10.8 Å². The van der Waals surface area contributed by atoms with E-state index < -0.39 is 0 Å². The summed E-state index contributed by atoms with van der Waals surface area (Å²) in [5.74, 6) is 0. The molecule has 27 heavy (non-hydrogen) atoms. The SMILES string of the molecule is O=c1c2ccccc2c(Cc2ccccc2)nn1N=Cc1ccc(Cl)cc1. The number of rotatable bonds is 4. The topological polar surface area (TPSA) is 47.2 Å². The Kier molecular flexibility index (Phi) is 4.81. The largest absolute Gasteiger partial charge is 0.295 e. The first-order valence-corrected chi connectivity index (χ1v) is 8.93. The smallest absolute Gasteiger partial charge is 0.265 e. The molecule has 3 aromatic carbocycles. The van der Waals surface area contributed by atoms with E-state index in [2.05, 4.69) is 10.2 Å². The quantitative estimate of drug-likeness (QED) is 0.494. The van der Waals surface area contributed by atoms with Gasteiger partial charge in [-0.3, -0.25) is 4.79 Å². The van der Waals surface area contributed by atoms with Gasteiger partial charge >= 0.3 is 0 Å². The van der Waals surface area contributed by atoms with E-state index in [-0.39, 0.29) is 5.56 Å². The van der Waals surface area contributed by atoms with E-state index in [1.165, 1.54) is 0 Å². The molecule has 0 bridgehead atoms. The number of benzene rings is 3. The van der Waals surface area contributed by atoms with Crippen molar-refractivity contribution in [2.75, 3.05) is 0 Å². The molecule has 4 nitrogen and oxygen atoms in total. The van der Waals surface area contributed by atoms with Crippen molar-refractivity contribution >= 4 is 28.6 Å². The monoisotopic (exact) mass is 373 g/mol. The van der Waals surface area contributed by atoms with Crippen LogP contribution < -0.4 is 5.56 Å². The van der Waals surface area contributed by atoms with Crippen LogP contribution in [0, 0.1) is 0 Å². The molecule has 0 N–H and O–H groups in total. The number of fused-ring (bicyclic) bond motifs is 1. The first kappa shape index (κ1) is 17.2. The molecule has 0 unspecified atom stereocenters. The average Bonchev–Trinajstić information content (AvgIpc) is 2.71. The van der Waals surface area contributed by atoms with Crippen molar-refractivity contribution in [1.29, 1.82) is 0 Å². The first-order valence-electron chi connectivity index (χ1n) is 8.55. The summed E-state index contributed by atoms with van der Waals surface area (Å²) in [5, 5.41) is 10.9. The molecule has 5 heteroatoms. The van der Waals surface area contributed by atoms with E-state index in [1.807, 2.05) is 66.7 Å². The lowest BCUT2D eigenvalue weighted by Crippen LogP contribution is -2.21. The minimum absolute atomic E-state index is 0.243. The minimum atomic E-state index is -0.243. The molecule has 0 fully saturated rings. The van der Waals surface area contributed by atoms with Gasteiger partial charge in [-0.1, -0.05) is 72.3 Å². The summed E-state index contributed by atoms with van der Waals surface area (Å²) in [6.45, 7) is 0. The Morgan fingerprint density at radius 2 is 1.56 bits per heavy atom. The number of nitrogens with zero attached hydrogens (tertiary/aromatic N) is 3. The lowest BCUT2D eigenvalue weighted by Gasteiger charge is -2.08. The van der Waals surface area contributed by atoms with Crippen molar-refractivity contribution in [2.24, 2.45) is 5.10 Å². The van der Waals surface area contributed by atoms with Gasteiger partial charge in [0.05, 0.1) is 17.3 Å². The fourth-order valence-electron chi connectivity index (χ4n) is 2.91. The van der Waals surface area contributed by atoms with E-state index in [1.54, 1.807) is 18.3 Å². The predicted octanol–water partition coefficient (Wildman–Crippen LogP) is 4.52. The molecular formula is C22H16ClN3O. The highest BCUT2D eigenvalue weighted by atomic mass is 35.5. The van der Waals surface area contributed by atoms with Crippen molar-refractivity contribution < 1.29 is 0 Å². The van der Waals surface area contributed by atoms with E-state index in [0.717, 1.165) is 27.0 Å². The maximum Gasteiger partial charge on any atom is 0.295 e. The van der Waals surface area contributed by atoms with Gasteiger partial charge in [0.25, 0.3) is 5.56 Å². The van der Waals surface area contributed by atoms with Gasteiger partial charge < -0.3 is 0 Å². The highest BCUT2D eigenvalue weighted by Gasteiger charge is 2.10. The van der Waals surface area contributed by atoms with Crippen LogP contribution in [0.2, 0.25) is 5.02 Å².